The van der Waals surface area contributed by atoms with Crippen LogP contribution in [0.15, 0.2) is 0 Å². The number of hydrogen-bond acceptors (Lipinski definition) is 2. The SMILES string of the molecule is CCOC(=O)[P]=[Mo]. The molecule has 0 atom stereocenters. The first kappa shape index (κ1) is 7.46. The molecule has 4 heteroatoms. The molecule has 0 saturated heterocycles. The van der Waals surface area contributed by atoms with Gasteiger partial charge in [0, 0.05) is 0 Å². The molecule has 0 N–H and O–H groups in total. The van der Waals surface area contributed by atoms with Gasteiger partial charge in [0.25, 0.3) is 0 Å². The van der Waals surface area contributed by atoms with Gasteiger partial charge in [-0.1, -0.05) is 0 Å². The first-order valence-corrected chi connectivity index (χ1v) is 5.32. The van der Waals surface area contributed by atoms with Crippen molar-refractivity contribution in [1.29, 1.82) is 0 Å². The van der Waals surface area contributed by atoms with Gasteiger partial charge in [0.1, 0.15) is 0 Å². The third kappa shape index (κ3) is 4.31. The van der Waals surface area contributed by atoms with Crippen molar-refractivity contribution in [1.82, 2.24) is 0 Å². The molecule has 0 aliphatic heterocycles. The predicted octanol–water partition coefficient (Wildman–Crippen LogP) is 1.55. The Balaban J connectivity index is 3.17. The van der Waals surface area contributed by atoms with E-state index < -0.39 is 0 Å². The molecular formula is C3H5MoO2P. The molecule has 2 nitrogen and oxygen atoms in total. The number of rotatable bonds is 2. The number of hydrogen-bond donors (Lipinski definition) is 0. The average molecular weight is 200 g/mol. The standard InChI is InChI=1S/C3H5O2P.Mo/c1-2-5-3(4)6;/h2H2,1H3;. The van der Waals surface area contributed by atoms with Crippen LogP contribution in [0.2, 0.25) is 0 Å². The minimum atomic E-state index is -0.146. The molecule has 0 aromatic heterocycles. The Morgan fingerprint density at radius 2 is 2.57 bits per heavy atom. The minimum absolute atomic E-state index is 0.146. The van der Waals surface area contributed by atoms with E-state index in [-0.39, 0.29) is 5.71 Å². The van der Waals surface area contributed by atoms with Gasteiger partial charge in [-0.15, -0.1) is 0 Å². The molecule has 0 aromatic carbocycles. The number of carbonyl (C=O) groups is 1. The summed E-state index contributed by atoms with van der Waals surface area (Å²) in [6, 6.07) is 0. The van der Waals surface area contributed by atoms with Crippen molar-refractivity contribution in [2.45, 2.75) is 6.92 Å². The van der Waals surface area contributed by atoms with Crippen LogP contribution in [0.3, 0.4) is 0 Å². The molecule has 0 heterocycles. The van der Waals surface area contributed by atoms with Gasteiger partial charge in [0.05, 0.1) is 0 Å². The van der Waals surface area contributed by atoms with Crippen molar-refractivity contribution >= 4 is 11.9 Å². The van der Waals surface area contributed by atoms with Crippen LogP contribution >= 0.6 is 6.21 Å². The van der Waals surface area contributed by atoms with Crippen LogP contribution in [0, 0.1) is 0 Å². The third-order valence-corrected chi connectivity index (χ3v) is 1.72. The summed E-state index contributed by atoms with van der Waals surface area (Å²) < 4.78 is 4.54. The van der Waals surface area contributed by atoms with Gasteiger partial charge in [0.2, 0.25) is 0 Å². The van der Waals surface area contributed by atoms with Crippen molar-refractivity contribution in [3.63, 3.8) is 0 Å². The van der Waals surface area contributed by atoms with E-state index in [0.717, 1.165) is 0 Å². The van der Waals surface area contributed by atoms with Gasteiger partial charge in [-0.3, -0.25) is 0 Å². The van der Waals surface area contributed by atoms with Gasteiger partial charge in [0.15, 0.2) is 0 Å². The van der Waals surface area contributed by atoms with E-state index >= 15 is 0 Å². The molecule has 0 aliphatic rings. The molecule has 0 amide bonds. The Morgan fingerprint density at radius 3 is 2.71 bits per heavy atom. The van der Waals surface area contributed by atoms with Crippen LogP contribution in [0.1, 0.15) is 6.92 Å². The summed E-state index contributed by atoms with van der Waals surface area (Å²) in [6.07, 6.45) is 0.693. The van der Waals surface area contributed by atoms with Crippen molar-refractivity contribution < 1.29 is 28.3 Å². The zero-order valence-corrected chi connectivity index (χ0v) is 6.78. The molecule has 0 radical (unpaired) electrons. The monoisotopic (exact) mass is 202 g/mol. The summed E-state index contributed by atoms with van der Waals surface area (Å²) in [6.45, 7) is 2.28. The molecule has 0 aliphatic carbocycles. The van der Waals surface area contributed by atoms with Gasteiger partial charge < -0.3 is 0 Å². The van der Waals surface area contributed by atoms with E-state index in [1.165, 1.54) is 0 Å². The Labute approximate surface area is 54.2 Å². The normalized spacial score (nSPS) is 8.71. The van der Waals surface area contributed by atoms with Crippen LogP contribution in [-0.4, -0.2) is 12.3 Å². The van der Waals surface area contributed by atoms with E-state index in [2.05, 4.69) is 4.74 Å². The second-order valence-corrected chi connectivity index (χ2v) is 2.68. The predicted molar refractivity (Wildman–Crippen MR) is 23.9 cm³/mol. The zero-order chi connectivity index (χ0) is 5.70. The van der Waals surface area contributed by atoms with Gasteiger partial charge in [-0.2, -0.15) is 0 Å². The van der Waals surface area contributed by atoms with Gasteiger partial charge >= 0.3 is 53.8 Å². The second-order valence-electron chi connectivity index (χ2n) is 0.790. The Bertz CT molecular complexity index is 83.0. The van der Waals surface area contributed by atoms with Crippen molar-refractivity contribution in [3.05, 3.63) is 0 Å². The molecule has 0 rings (SSSR count). The summed E-state index contributed by atoms with van der Waals surface area (Å²) in [5.74, 6) is 0. The van der Waals surface area contributed by atoms with E-state index in [9.17, 15) is 4.79 Å². The van der Waals surface area contributed by atoms with E-state index in [0.29, 0.717) is 12.8 Å². The molecule has 7 heavy (non-hydrogen) atoms. The first-order valence-electron chi connectivity index (χ1n) is 1.81. The maximum atomic E-state index is 10.2. The first-order chi connectivity index (χ1) is 3.31. The average Bonchev–Trinajstić information content (AvgIpc) is 1.68. The molecule has 0 unspecified atom stereocenters. The summed E-state index contributed by atoms with van der Waals surface area (Å²) in [4.78, 5) is 10.2. The summed E-state index contributed by atoms with van der Waals surface area (Å²) in [7, 11) is 0. The Morgan fingerprint density at radius 1 is 2.00 bits per heavy atom. The molecular weight excluding hydrogens is 195 g/mol. The fourth-order valence-electron chi connectivity index (χ4n) is 0.150. The molecule has 0 saturated carbocycles. The molecule has 40 valence electrons. The topological polar surface area (TPSA) is 26.3 Å². The number of carbonyl (C=O) groups excluding carboxylic acids is 1. The molecule has 0 aromatic rings. The summed E-state index contributed by atoms with van der Waals surface area (Å²) in [5.41, 5.74) is -0.146. The third-order valence-electron chi connectivity index (χ3n) is 0.342. The number of ether oxygens (including phenoxy) is 1. The van der Waals surface area contributed by atoms with Crippen molar-refractivity contribution in [3.8, 4) is 0 Å². The van der Waals surface area contributed by atoms with Crippen LogP contribution in [0.5, 0.6) is 0 Å². The van der Waals surface area contributed by atoms with Gasteiger partial charge in [-0.05, 0) is 0 Å². The van der Waals surface area contributed by atoms with Gasteiger partial charge in [-0.25, -0.2) is 0 Å². The second kappa shape index (κ2) is 4.61. The van der Waals surface area contributed by atoms with E-state index in [1.807, 2.05) is 0 Å². The van der Waals surface area contributed by atoms with Crippen LogP contribution in [0.4, 0.5) is 4.79 Å². The Kier molecular flexibility index (Phi) is 4.92. The molecule has 0 fully saturated rings. The molecule has 0 bridgehead atoms. The van der Waals surface area contributed by atoms with Crippen LogP contribution in [-0.2, 0) is 23.5 Å². The zero-order valence-electron chi connectivity index (χ0n) is 3.88. The Hall–Kier alpha value is 0.458. The maximum absolute atomic E-state index is 10.2. The summed E-state index contributed by atoms with van der Waals surface area (Å²) >= 11 is 1.69. The summed E-state index contributed by atoms with van der Waals surface area (Å²) in [5, 5.41) is 0. The van der Waals surface area contributed by atoms with E-state index in [4.69, 9.17) is 0 Å². The molecule has 0 spiro atoms. The quantitative estimate of drug-likeness (QED) is 0.499. The van der Waals surface area contributed by atoms with Crippen LogP contribution < -0.4 is 0 Å². The van der Waals surface area contributed by atoms with Crippen molar-refractivity contribution in [2.24, 2.45) is 0 Å². The fraction of sp³-hybridized carbons (Fsp3) is 0.667. The van der Waals surface area contributed by atoms with Crippen molar-refractivity contribution in [2.75, 3.05) is 6.61 Å². The fourth-order valence-corrected chi connectivity index (χ4v) is 0.720. The van der Waals surface area contributed by atoms with Crippen LogP contribution in [0.25, 0.3) is 0 Å². The van der Waals surface area contributed by atoms with E-state index in [1.54, 1.807) is 25.7 Å².